The molecule has 1 fully saturated rings. The van der Waals surface area contributed by atoms with Crippen molar-refractivity contribution < 1.29 is 13.2 Å². The molecule has 0 saturated carbocycles. The van der Waals surface area contributed by atoms with Gasteiger partial charge in [0.1, 0.15) is 0 Å². The van der Waals surface area contributed by atoms with E-state index in [1.165, 1.54) is 15.3 Å². The van der Waals surface area contributed by atoms with Gasteiger partial charge >= 0.3 is 0 Å². The number of aryl methyl sites for hydroxylation is 1. The second kappa shape index (κ2) is 10.0. The Kier molecular flexibility index (Phi) is 7.42. The first-order valence-corrected chi connectivity index (χ1v) is 11.6. The molecule has 0 unspecified atom stereocenters. The smallest absolute Gasteiger partial charge is 0.236 e. The summed E-state index contributed by atoms with van der Waals surface area (Å²) in [5.41, 5.74) is 3.14. The Morgan fingerprint density at radius 3 is 2.27 bits per heavy atom. The topological polar surface area (TPSA) is 60.9 Å². The predicted molar refractivity (Wildman–Crippen MR) is 120 cm³/mol. The van der Waals surface area contributed by atoms with Gasteiger partial charge in [-0.1, -0.05) is 60.2 Å². The van der Waals surface area contributed by atoms with E-state index in [2.05, 4.69) is 0 Å². The highest BCUT2D eigenvalue weighted by Crippen LogP contribution is 2.12. The zero-order valence-electron chi connectivity index (χ0n) is 17.6. The van der Waals surface area contributed by atoms with Gasteiger partial charge in [0.05, 0.1) is 6.54 Å². The van der Waals surface area contributed by atoms with Crippen molar-refractivity contribution in [2.75, 3.05) is 39.8 Å². The lowest BCUT2D eigenvalue weighted by atomic mass is 10.1. The molecule has 2 aromatic carbocycles. The number of hydrogen-bond donors (Lipinski definition) is 0. The van der Waals surface area contributed by atoms with Gasteiger partial charge in [-0.2, -0.15) is 4.31 Å². The van der Waals surface area contributed by atoms with Crippen molar-refractivity contribution in [2.24, 2.45) is 0 Å². The van der Waals surface area contributed by atoms with Crippen molar-refractivity contribution in [1.82, 2.24) is 14.1 Å². The molecule has 0 radical (unpaired) electrons. The lowest BCUT2D eigenvalue weighted by Crippen LogP contribution is -2.50. The SMILES string of the molecule is Cc1ccc(CN(C)C(=O)CN2CCN(S(=O)(=O)/C=C\c3ccccc3)CC2)cc1. The van der Waals surface area contributed by atoms with Crippen molar-refractivity contribution in [1.29, 1.82) is 0 Å². The minimum atomic E-state index is -3.46. The summed E-state index contributed by atoms with van der Waals surface area (Å²) in [6.07, 6.45) is 1.62. The second-order valence-corrected chi connectivity index (χ2v) is 9.49. The molecule has 1 heterocycles. The number of nitrogens with zero attached hydrogens (tertiary/aromatic N) is 3. The maximum Gasteiger partial charge on any atom is 0.236 e. The lowest BCUT2D eigenvalue weighted by molar-refractivity contribution is -0.131. The van der Waals surface area contributed by atoms with Crippen LogP contribution in [0.5, 0.6) is 0 Å². The number of carbonyl (C=O) groups is 1. The standard InChI is InChI=1S/C23H29N3O3S/c1-20-8-10-22(11-9-20)18-24(2)23(27)19-25-13-15-26(16-14-25)30(28,29)17-12-21-6-4-3-5-7-21/h3-12,17H,13-16,18-19H2,1-2H3/b17-12-. The van der Waals surface area contributed by atoms with Crippen LogP contribution < -0.4 is 0 Å². The number of hydrogen-bond acceptors (Lipinski definition) is 4. The number of likely N-dealkylation sites (N-methyl/N-ethyl adjacent to an activating group) is 1. The van der Waals surface area contributed by atoms with Crippen molar-refractivity contribution in [3.05, 3.63) is 76.7 Å². The van der Waals surface area contributed by atoms with Crippen LogP contribution in [0.4, 0.5) is 0 Å². The predicted octanol–water partition coefficient (Wildman–Crippen LogP) is 2.57. The van der Waals surface area contributed by atoms with Crippen molar-refractivity contribution in [2.45, 2.75) is 13.5 Å². The summed E-state index contributed by atoms with van der Waals surface area (Å²) >= 11 is 0. The summed E-state index contributed by atoms with van der Waals surface area (Å²) in [4.78, 5) is 16.3. The van der Waals surface area contributed by atoms with E-state index in [1.54, 1.807) is 18.0 Å². The monoisotopic (exact) mass is 427 g/mol. The van der Waals surface area contributed by atoms with Gasteiger partial charge in [-0.05, 0) is 24.1 Å². The lowest BCUT2D eigenvalue weighted by Gasteiger charge is -2.33. The van der Waals surface area contributed by atoms with Crippen LogP contribution in [0, 0.1) is 6.92 Å². The average Bonchev–Trinajstić information content (AvgIpc) is 2.75. The zero-order valence-corrected chi connectivity index (χ0v) is 18.4. The molecule has 1 saturated heterocycles. The van der Waals surface area contributed by atoms with E-state index >= 15 is 0 Å². The van der Waals surface area contributed by atoms with E-state index < -0.39 is 10.0 Å². The Labute approximate surface area is 179 Å². The maximum atomic E-state index is 12.6. The van der Waals surface area contributed by atoms with E-state index in [1.807, 2.05) is 66.4 Å². The fourth-order valence-corrected chi connectivity index (χ4v) is 4.50. The van der Waals surface area contributed by atoms with Gasteiger partial charge in [0, 0.05) is 45.2 Å². The second-order valence-electron chi connectivity index (χ2n) is 7.67. The number of sulfonamides is 1. The van der Waals surface area contributed by atoms with E-state index in [9.17, 15) is 13.2 Å². The maximum absolute atomic E-state index is 12.6. The molecule has 30 heavy (non-hydrogen) atoms. The van der Waals surface area contributed by atoms with Crippen LogP contribution in [-0.4, -0.2) is 68.2 Å². The number of carbonyl (C=O) groups excluding carboxylic acids is 1. The molecule has 1 amide bonds. The van der Waals surface area contributed by atoms with E-state index in [4.69, 9.17) is 0 Å². The molecule has 0 aromatic heterocycles. The normalized spacial score (nSPS) is 16.1. The van der Waals surface area contributed by atoms with Gasteiger partial charge in [-0.25, -0.2) is 8.42 Å². The summed E-state index contributed by atoms with van der Waals surface area (Å²) in [5, 5.41) is 1.26. The highest BCUT2D eigenvalue weighted by atomic mass is 32.2. The first-order valence-electron chi connectivity index (χ1n) is 10.1. The first-order chi connectivity index (χ1) is 14.3. The van der Waals surface area contributed by atoms with E-state index in [0.29, 0.717) is 39.3 Å². The highest BCUT2D eigenvalue weighted by molar-refractivity contribution is 7.92. The minimum absolute atomic E-state index is 0.0378. The molecule has 0 atom stereocenters. The molecular weight excluding hydrogens is 398 g/mol. The van der Waals surface area contributed by atoms with E-state index in [0.717, 1.165) is 11.1 Å². The molecule has 160 valence electrons. The molecule has 0 spiro atoms. The van der Waals surface area contributed by atoms with Gasteiger partial charge in [-0.15, -0.1) is 0 Å². The molecule has 1 aliphatic rings. The largest absolute Gasteiger partial charge is 0.340 e. The third-order valence-electron chi connectivity index (χ3n) is 5.25. The third kappa shape index (κ3) is 6.26. The number of amides is 1. The van der Waals surface area contributed by atoms with Crippen LogP contribution >= 0.6 is 0 Å². The van der Waals surface area contributed by atoms with Crippen LogP contribution in [0.15, 0.2) is 60.0 Å². The van der Waals surface area contributed by atoms with Gasteiger partial charge in [0.2, 0.25) is 15.9 Å². The quantitative estimate of drug-likeness (QED) is 0.681. The van der Waals surface area contributed by atoms with Crippen molar-refractivity contribution >= 4 is 22.0 Å². The third-order valence-corrected chi connectivity index (χ3v) is 6.81. The van der Waals surface area contributed by atoms with Crippen LogP contribution in [0.2, 0.25) is 0 Å². The van der Waals surface area contributed by atoms with Gasteiger partial charge in [0.25, 0.3) is 0 Å². The van der Waals surface area contributed by atoms with Crippen LogP contribution in [0.25, 0.3) is 6.08 Å². The number of benzene rings is 2. The highest BCUT2D eigenvalue weighted by Gasteiger charge is 2.26. The Morgan fingerprint density at radius 2 is 1.63 bits per heavy atom. The fourth-order valence-electron chi connectivity index (χ4n) is 3.32. The van der Waals surface area contributed by atoms with Gasteiger partial charge in [0.15, 0.2) is 0 Å². The Hall–Kier alpha value is -2.48. The van der Waals surface area contributed by atoms with Crippen LogP contribution in [-0.2, 0) is 21.4 Å². The summed E-state index contributed by atoms with van der Waals surface area (Å²) in [5.74, 6) is 0.0378. The summed E-state index contributed by atoms with van der Waals surface area (Å²) in [7, 11) is -1.66. The van der Waals surface area contributed by atoms with Crippen LogP contribution in [0.1, 0.15) is 16.7 Å². The zero-order chi connectivity index (χ0) is 21.6. The molecule has 0 N–H and O–H groups in total. The Balaban J connectivity index is 1.48. The van der Waals surface area contributed by atoms with Crippen LogP contribution in [0.3, 0.4) is 0 Å². The average molecular weight is 428 g/mol. The fraction of sp³-hybridized carbons (Fsp3) is 0.348. The molecule has 6 nitrogen and oxygen atoms in total. The van der Waals surface area contributed by atoms with E-state index in [-0.39, 0.29) is 5.91 Å². The molecule has 3 rings (SSSR count). The van der Waals surface area contributed by atoms with Crippen molar-refractivity contribution in [3.8, 4) is 0 Å². The molecule has 2 aromatic rings. The number of rotatable bonds is 7. The Morgan fingerprint density at radius 1 is 1.00 bits per heavy atom. The van der Waals surface area contributed by atoms with Gasteiger partial charge in [-0.3, -0.25) is 9.69 Å². The number of piperazine rings is 1. The molecule has 1 aliphatic heterocycles. The summed E-state index contributed by atoms with van der Waals surface area (Å²) in [6, 6.07) is 17.5. The van der Waals surface area contributed by atoms with Gasteiger partial charge < -0.3 is 4.90 Å². The summed E-state index contributed by atoms with van der Waals surface area (Å²) < 4.78 is 26.6. The van der Waals surface area contributed by atoms with Crippen molar-refractivity contribution in [3.63, 3.8) is 0 Å². The summed E-state index contributed by atoms with van der Waals surface area (Å²) in [6.45, 7) is 4.77. The molecular formula is C23H29N3O3S. The molecule has 0 aliphatic carbocycles. The Bertz CT molecular complexity index is 965. The molecule has 0 bridgehead atoms. The minimum Gasteiger partial charge on any atom is -0.340 e. The molecule has 7 heteroatoms. The first kappa shape index (κ1) is 22.2.